The lowest BCUT2D eigenvalue weighted by Crippen LogP contribution is -2.58. The van der Waals surface area contributed by atoms with Crippen molar-refractivity contribution in [3.63, 3.8) is 0 Å². The monoisotopic (exact) mass is 485 g/mol. The first-order valence-corrected chi connectivity index (χ1v) is 12.1. The number of rotatable bonds is 8. The number of ether oxygens (including phenoxy) is 1. The van der Waals surface area contributed by atoms with Crippen LogP contribution in [0.5, 0.6) is 0 Å². The molecule has 1 saturated heterocycles. The Balaban J connectivity index is 2.19. The molecule has 0 radical (unpaired) electrons. The predicted molar refractivity (Wildman–Crippen MR) is 134 cm³/mol. The van der Waals surface area contributed by atoms with Gasteiger partial charge in [0.1, 0.15) is 17.7 Å². The molecule has 0 spiro atoms. The van der Waals surface area contributed by atoms with E-state index >= 15 is 0 Å². The summed E-state index contributed by atoms with van der Waals surface area (Å²) in [4.78, 5) is 40.7. The first kappa shape index (κ1) is 28.2. The third kappa shape index (κ3) is 8.00. The third-order valence-electron chi connectivity index (χ3n) is 6.04. The lowest BCUT2D eigenvalue weighted by Gasteiger charge is -2.37. The number of benzene rings is 1. The maximum atomic E-state index is 13.7. The Morgan fingerprint density at radius 1 is 1.20 bits per heavy atom. The number of hydrogen-bond donors (Lipinski definition) is 3. The van der Waals surface area contributed by atoms with Gasteiger partial charge >= 0.3 is 6.09 Å². The van der Waals surface area contributed by atoms with Crippen molar-refractivity contribution in [1.82, 2.24) is 15.5 Å². The summed E-state index contributed by atoms with van der Waals surface area (Å²) < 4.78 is 5.39. The summed E-state index contributed by atoms with van der Waals surface area (Å²) in [5.74, 6) is 1.77. The molecule has 1 aromatic rings. The molecular weight excluding hydrogens is 446 g/mol. The van der Waals surface area contributed by atoms with Gasteiger partial charge in [-0.25, -0.2) is 4.79 Å². The number of β-amino-alcohol motifs (C(OH)–C–C–N with tert-alkyl or cyclic N) is 1. The number of nitrogens with one attached hydrogen (secondary N) is 2. The van der Waals surface area contributed by atoms with E-state index in [2.05, 4.69) is 16.6 Å². The number of hydrogen-bond acceptors (Lipinski definition) is 5. The van der Waals surface area contributed by atoms with Gasteiger partial charge in [-0.2, -0.15) is 0 Å². The molecule has 3 N–H and O–H groups in total. The molecule has 3 amide bonds. The number of aliphatic hydroxyl groups is 1. The molecule has 2 rings (SSSR count). The minimum Gasteiger partial charge on any atom is -0.444 e. The highest BCUT2D eigenvalue weighted by Gasteiger charge is 2.45. The number of aliphatic hydroxyl groups excluding tert-OH is 1. The van der Waals surface area contributed by atoms with E-state index in [1.54, 1.807) is 32.9 Å². The number of amides is 3. The van der Waals surface area contributed by atoms with Crippen molar-refractivity contribution < 1.29 is 24.2 Å². The van der Waals surface area contributed by atoms with Crippen molar-refractivity contribution in [2.75, 3.05) is 6.54 Å². The van der Waals surface area contributed by atoms with Crippen molar-refractivity contribution in [3.05, 3.63) is 35.4 Å². The van der Waals surface area contributed by atoms with Gasteiger partial charge in [0.15, 0.2) is 0 Å². The largest absolute Gasteiger partial charge is 0.444 e. The smallest absolute Gasteiger partial charge is 0.408 e. The van der Waals surface area contributed by atoms with Crippen molar-refractivity contribution in [3.8, 4) is 12.3 Å². The number of carbonyl (C=O) groups is 3. The predicted octanol–water partition coefficient (Wildman–Crippen LogP) is 2.97. The van der Waals surface area contributed by atoms with Crippen LogP contribution in [0.4, 0.5) is 4.79 Å². The molecule has 0 saturated carbocycles. The van der Waals surface area contributed by atoms with Crippen LogP contribution in [-0.2, 0) is 20.9 Å². The van der Waals surface area contributed by atoms with Crippen LogP contribution in [0.15, 0.2) is 24.3 Å². The van der Waals surface area contributed by atoms with E-state index in [1.807, 2.05) is 32.9 Å². The number of nitrogens with zero attached hydrogens (tertiary/aromatic N) is 1. The first-order valence-electron chi connectivity index (χ1n) is 12.1. The van der Waals surface area contributed by atoms with Crippen LogP contribution in [0.3, 0.4) is 0 Å². The summed E-state index contributed by atoms with van der Waals surface area (Å²) in [5.41, 5.74) is 0.282. The van der Waals surface area contributed by atoms with Crippen LogP contribution in [0.1, 0.15) is 71.9 Å². The lowest BCUT2D eigenvalue weighted by atomic mass is 9.79. The van der Waals surface area contributed by atoms with Crippen molar-refractivity contribution in [2.24, 2.45) is 5.41 Å². The quantitative estimate of drug-likeness (QED) is 0.491. The Labute approximate surface area is 208 Å². The number of terminal acetylenes is 1. The molecule has 1 aromatic carbocycles. The van der Waals surface area contributed by atoms with E-state index < -0.39 is 41.2 Å². The number of carbonyl (C=O) groups excluding carboxylic acids is 3. The normalized spacial score (nSPS) is 19.0. The van der Waals surface area contributed by atoms with Gasteiger partial charge in [0.05, 0.1) is 6.10 Å². The zero-order chi connectivity index (χ0) is 26.4. The van der Waals surface area contributed by atoms with Gasteiger partial charge in [-0.15, -0.1) is 6.42 Å². The summed E-state index contributed by atoms with van der Waals surface area (Å²) in [7, 11) is 0. The van der Waals surface area contributed by atoms with Crippen LogP contribution in [-0.4, -0.2) is 58.2 Å². The summed E-state index contributed by atoms with van der Waals surface area (Å²) >= 11 is 0. The van der Waals surface area contributed by atoms with Crippen LogP contribution < -0.4 is 10.6 Å². The second-order valence-electron chi connectivity index (χ2n) is 10.8. The summed E-state index contributed by atoms with van der Waals surface area (Å²) in [6, 6.07) is 5.47. The first-order chi connectivity index (χ1) is 16.3. The molecule has 1 aliphatic heterocycles. The fourth-order valence-corrected chi connectivity index (χ4v) is 4.30. The molecule has 35 heavy (non-hydrogen) atoms. The van der Waals surface area contributed by atoms with Gasteiger partial charge in [-0.3, -0.25) is 9.59 Å². The average molecular weight is 486 g/mol. The van der Waals surface area contributed by atoms with E-state index in [4.69, 9.17) is 11.2 Å². The molecular formula is C27H39N3O5. The molecule has 3 atom stereocenters. The Bertz CT molecular complexity index is 943. The molecule has 0 aromatic heterocycles. The fourth-order valence-electron chi connectivity index (χ4n) is 4.30. The van der Waals surface area contributed by atoms with Crippen LogP contribution in [0, 0.1) is 17.8 Å². The van der Waals surface area contributed by atoms with Gasteiger partial charge in [-0.05, 0) is 50.3 Å². The van der Waals surface area contributed by atoms with Crippen molar-refractivity contribution in [1.29, 1.82) is 0 Å². The maximum Gasteiger partial charge on any atom is 0.408 e. The van der Waals surface area contributed by atoms with E-state index in [0.717, 1.165) is 17.5 Å². The topological polar surface area (TPSA) is 108 Å². The maximum absolute atomic E-state index is 13.7. The lowest BCUT2D eigenvalue weighted by molar-refractivity contribution is -0.142. The van der Waals surface area contributed by atoms with E-state index in [1.165, 1.54) is 4.90 Å². The number of alkyl carbamates (subject to hydrolysis) is 1. The van der Waals surface area contributed by atoms with Crippen LogP contribution >= 0.6 is 0 Å². The Morgan fingerprint density at radius 2 is 1.83 bits per heavy atom. The standard InChI is InChI=1S/C27H39N3O5/c1-8-14-27(6,7)22(29-25(34)35-26(3,4)5)24(33)30-17-20(31)15-21(30)23(32)28-16-19-12-10-18(9-2)11-13-19/h2,10-13,20-22,31H,8,14-17H2,1,3-7H3,(H,28,32)(H,29,34)/t20-,21+,22?/m1/s1. The molecule has 0 bridgehead atoms. The zero-order valence-electron chi connectivity index (χ0n) is 21.7. The van der Waals surface area contributed by atoms with Crippen LogP contribution in [0.25, 0.3) is 0 Å². The Hall–Kier alpha value is -3.05. The SMILES string of the molecule is C#Cc1ccc(CNC(=O)[C@@H]2C[C@@H](O)CN2C(=O)C(NC(=O)OC(C)(C)C)C(C)(C)CCC)cc1. The summed E-state index contributed by atoms with van der Waals surface area (Å²) in [5, 5.41) is 15.9. The highest BCUT2D eigenvalue weighted by atomic mass is 16.6. The van der Waals surface area contributed by atoms with Gasteiger partial charge in [0, 0.05) is 25.1 Å². The highest BCUT2D eigenvalue weighted by molar-refractivity contribution is 5.92. The summed E-state index contributed by atoms with van der Waals surface area (Å²) in [6.45, 7) is 11.3. The number of likely N-dealkylation sites (tertiary alicyclic amines) is 1. The molecule has 8 heteroatoms. The molecule has 192 valence electrons. The Kier molecular flexibility index (Phi) is 9.33. The fraction of sp³-hybridized carbons (Fsp3) is 0.593. The molecule has 1 unspecified atom stereocenters. The third-order valence-corrected chi connectivity index (χ3v) is 6.04. The minimum atomic E-state index is -0.922. The van der Waals surface area contributed by atoms with Gasteiger partial charge in [0.2, 0.25) is 11.8 Å². The van der Waals surface area contributed by atoms with Gasteiger partial charge in [0.25, 0.3) is 0 Å². The van der Waals surface area contributed by atoms with E-state index in [0.29, 0.717) is 6.42 Å². The average Bonchev–Trinajstić information content (AvgIpc) is 3.16. The van der Waals surface area contributed by atoms with Crippen molar-refractivity contribution >= 4 is 17.9 Å². The second-order valence-corrected chi connectivity index (χ2v) is 10.8. The zero-order valence-corrected chi connectivity index (χ0v) is 21.7. The Morgan fingerprint density at radius 3 is 2.37 bits per heavy atom. The second kappa shape index (κ2) is 11.6. The van der Waals surface area contributed by atoms with Crippen LogP contribution in [0.2, 0.25) is 0 Å². The minimum absolute atomic E-state index is 0.0164. The molecule has 8 nitrogen and oxygen atoms in total. The summed E-state index contributed by atoms with van der Waals surface area (Å²) in [6.07, 6.45) is 5.45. The molecule has 1 aliphatic rings. The van der Waals surface area contributed by atoms with E-state index in [-0.39, 0.29) is 25.4 Å². The molecule has 1 fully saturated rings. The van der Waals surface area contributed by atoms with Crippen molar-refractivity contribution in [2.45, 2.75) is 91.1 Å². The molecule has 0 aliphatic carbocycles. The van der Waals surface area contributed by atoms with E-state index in [9.17, 15) is 19.5 Å². The molecule has 1 heterocycles. The highest BCUT2D eigenvalue weighted by Crippen LogP contribution is 2.31. The van der Waals surface area contributed by atoms with Gasteiger partial charge < -0.3 is 25.4 Å². The van der Waals surface area contributed by atoms with Gasteiger partial charge in [-0.1, -0.05) is 45.2 Å².